The van der Waals surface area contributed by atoms with Gasteiger partial charge in [0.1, 0.15) is 5.82 Å². The van der Waals surface area contributed by atoms with E-state index in [2.05, 4.69) is 10.4 Å². The molecule has 0 saturated heterocycles. The third kappa shape index (κ3) is 3.31. The fourth-order valence-electron chi connectivity index (χ4n) is 3.29. The van der Waals surface area contributed by atoms with Gasteiger partial charge in [0.25, 0.3) is 5.91 Å². The molecule has 0 fully saturated rings. The number of carbonyl (C=O) groups is 1. The third-order valence-corrected chi connectivity index (χ3v) is 6.62. The van der Waals surface area contributed by atoms with Crippen LogP contribution < -0.4 is 5.32 Å². The summed E-state index contributed by atoms with van der Waals surface area (Å²) in [6, 6.07) is 12.3. The number of amides is 1. The van der Waals surface area contributed by atoms with E-state index in [0.717, 1.165) is 16.8 Å². The van der Waals surface area contributed by atoms with Crippen molar-refractivity contribution in [2.45, 2.75) is 25.4 Å². The monoisotopic (exact) mass is 415 g/mol. The molecule has 1 amide bonds. The zero-order chi connectivity index (χ0) is 20.1. The highest BCUT2D eigenvalue weighted by molar-refractivity contribution is 7.90. The average Bonchev–Trinajstić information content (AvgIpc) is 3.10. The number of aromatic nitrogens is 2. The Labute approximate surface area is 168 Å². The van der Waals surface area contributed by atoms with Crippen molar-refractivity contribution in [1.29, 1.82) is 0 Å². The van der Waals surface area contributed by atoms with Crippen molar-refractivity contribution in [2.75, 3.05) is 5.32 Å². The lowest BCUT2D eigenvalue weighted by atomic mass is 10.1. The Morgan fingerprint density at radius 1 is 1.11 bits per heavy atom. The summed E-state index contributed by atoms with van der Waals surface area (Å²) in [4.78, 5) is 12.8. The summed E-state index contributed by atoms with van der Waals surface area (Å²) in [5.74, 6) is -0.215. The van der Waals surface area contributed by atoms with Gasteiger partial charge in [-0.15, -0.1) is 0 Å². The third-order valence-electron chi connectivity index (χ3n) is 4.93. The minimum atomic E-state index is -3.25. The van der Waals surface area contributed by atoms with Gasteiger partial charge in [-0.2, -0.15) is 5.10 Å². The van der Waals surface area contributed by atoms with Crippen LogP contribution in [-0.4, -0.2) is 24.1 Å². The minimum absolute atomic E-state index is 0.121. The number of sulfone groups is 1. The molecule has 0 unspecified atom stereocenters. The topological polar surface area (TPSA) is 81.1 Å². The molecule has 3 aromatic rings. The van der Waals surface area contributed by atoms with Crippen LogP contribution in [0.1, 0.15) is 32.7 Å². The van der Waals surface area contributed by atoms with Gasteiger partial charge >= 0.3 is 0 Å². The van der Waals surface area contributed by atoms with E-state index in [9.17, 15) is 13.2 Å². The van der Waals surface area contributed by atoms with E-state index in [4.69, 9.17) is 11.6 Å². The van der Waals surface area contributed by atoms with Crippen molar-refractivity contribution in [3.63, 3.8) is 0 Å². The molecule has 0 spiro atoms. The molecule has 6 nitrogen and oxygen atoms in total. The number of carbonyl (C=O) groups excluding carboxylic acids is 1. The summed E-state index contributed by atoms with van der Waals surface area (Å²) in [6.45, 7) is 3.96. The molecule has 1 aliphatic rings. The van der Waals surface area contributed by atoms with Gasteiger partial charge in [0.2, 0.25) is 0 Å². The number of halogens is 1. The first-order valence-electron chi connectivity index (χ1n) is 8.70. The lowest BCUT2D eigenvalue weighted by Gasteiger charge is -2.14. The summed E-state index contributed by atoms with van der Waals surface area (Å²) >= 11 is 5.89. The lowest BCUT2D eigenvalue weighted by molar-refractivity contribution is 0.102. The number of hydrogen-bond acceptors (Lipinski definition) is 4. The highest BCUT2D eigenvalue weighted by Crippen LogP contribution is 2.34. The number of fused-ring (bicyclic) bond motifs is 1. The van der Waals surface area contributed by atoms with Gasteiger partial charge in [-0.25, -0.2) is 13.1 Å². The molecule has 144 valence electrons. The Hall–Kier alpha value is -2.64. The summed E-state index contributed by atoms with van der Waals surface area (Å²) in [7, 11) is -3.25. The van der Waals surface area contributed by atoms with E-state index in [1.54, 1.807) is 28.9 Å². The van der Waals surface area contributed by atoms with Gasteiger partial charge in [-0.05, 0) is 55.3 Å². The van der Waals surface area contributed by atoms with Crippen molar-refractivity contribution >= 4 is 33.2 Å². The molecule has 0 radical (unpaired) electrons. The average molecular weight is 416 g/mol. The first kappa shape index (κ1) is 18.7. The van der Waals surface area contributed by atoms with Crippen LogP contribution in [-0.2, 0) is 21.3 Å². The first-order chi connectivity index (χ1) is 13.2. The molecule has 4 rings (SSSR count). The van der Waals surface area contributed by atoms with Crippen molar-refractivity contribution < 1.29 is 13.2 Å². The number of anilines is 1. The Morgan fingerprint density at radius 2 is 1.82 bits per heavy atom. The summed E-state index contributed by atoms with van der Waals surface area (Å²) in [5.41, 5.74) is 4.34. The van der Waals surface area contributed by atoms with E-state index in [1.165, 1.54) is 0 Å². The van der Waals surface area contributed by atoms with Crippen molar-refractivity contribution in [2.24, 2.45) is 0 Å². The molecule has 2 aromatic carbocycles. The Balaban J connectivity index is 1.82. The van der Waals surface area contributed by atoms with Crippen LogP contribution in [0.25, 0.3) is 5.69 Å². The minimum Gasteiger partial charge on any atom is -0.306 e. The molecule has 0 bridgehead atoms. The lowest BCUT2D eigenvalue weighted by Crippen LogP contribution is -2.17. The smallest absolute Gasteiger partial charge is 0.256 e. The number of nitrogens with zero attached hydrogens (tertiary/aromatic N) is 2. The number of hydrogen-bond donors (Lipinski definition) is 1. The molecule has 0 atom stereocenters. The molecule has 2 heterocycles. The Bertz CT molecular complexity index is 1200. The molecule has 28 heavy (non-hydrogen) atoms. The molecule has 1 aromatic heterocycles. The molecule has 0 aliphatic carbocycles. The quantitative estimate of drug-likeness (QED) is 0.705. The fraction of sp³-hybridized carbons (Fsp3) is 0.200. The summed E-state index contributed by atoms with van der Waals surface area (Å²) < 4.78 is 25.8. The zero-order valence-corrected chi connectivity index (χ0v) is 16.9. The maximum atomic E-state index is 12.8. The van der Waals surface area contributed by atoms with Crippen molar-refractivity contribution in [3.05, 3.63) is 75.4 Å². The predicted octanol–water partition coefficient (Wildman–Crippen LogP) is 3.82. The Kier molecular flexibility index (Phi) is 4.51. The fourth-order valence-corrected chi connectivity index (χ4v) is 4.91. The molecule has 8 heteroatoms. The van der Waals surface area contributed by atoms with Crippen LogP contribution in [0.15, 0.2) is 42.5 Å². The Morgan fingerprint density at radius 3 is 2.54 bits per heavy atom. The normalized spacial score (nSPS) is 14.7. The summed E-state index contributed by atoms with van der Waals surface area (Å²) in [5, 5.41) is 7.92. The van der Waals surface area contributed by atoms with Crippen LogP contribution in [0, 0.1) is 13.8 Å². The van der Waals surface area contributed by atoms with E-state index in [0.29, 0.717) is 27.7 Å². The molecular weight excluding hydrogens is 398 g/mol. The van der Waals surface area contributed by atoms with Gasteiger partial charge in [0.15, 0.2) is 9.84 Å². The summed E-state index contributed by atoms with van der Waals surface area (Å²) in [6.07, 6.45) is 0. The van der Waals surface area contributed by atoms with Gasteiger partial charge in [0, 0.05) is 16.1 Å². The number of benzene rings is 2. The number of rotatable bonds is 3. The highest BCUT2D eigenvalue weighted by Gasteiger charge is 2.33. The van der Waals surface area contributed by atoms with E-state index < -0.39 is 9.84 Å². The van der Waals surface area contributed by atoms with Crippen LogP contribution in [0.3, 0.4) is 0 Å². The second kappa shape index (κ2) is 6.76. The second-order valence-electron chi connectivity index (χ2n) is 6.90. The van der Waals surface area contributed by atoms with Gasteiger partial charge < -0.3 is 5.32 Å². The van der Waals surface area contributed by atoms with Gasteiger partial charge in [-0.3, -0.25) is 4.79 Å². The van der Waals surface area contributed by atoms with Crippen LogP contribution >= 0.6 is 11.6 Å². The standard InChI is InChI=1S/C20H18ClN3O3S/c1-12-4-3-5-18(13(12)2)24-19(16-10-28(26,27)11-17(16)23-24)22-20(25)14-6-8-15(21)9-7-14/h3-9H,10-11H2,1-2H3,(H,22,25). The number of aryl methyl sites for hydroxylation is 1. The SMILES string of the molecule is Cc1cccc(-n2nc3c(c2NC(=O)c2ccc(Cl)cc2)CS(=O)(=O)C3)c1C. The molecule has 1 aliphatic heterocycles. The largest absolute Gasteiger partial charge is 0.306 e. The molecular formula is C20H18ClN3O3S. The van der Waals surface area contributed by atoms with E-state index >= 15 is 0 Å². The van der Waals surface area contributed by atoms with Crippen LogP contribution in [0.4, 0.5) is 5.82 Å². The van der Waals surface area contributed by atoms with E-state index in [1.807, 2.05) is 32.0 Å². The van der Waals surface area contributed by atoms with Crippen molar-refractivity contribution in [3.8, 4) is 5.69 Å². The first-order valence-corrected chi connectivity index (χ1v) is 10.9. The highest BCUT2D eigenvalue weighted by atomic mass is 35.5. The van der Waals surface area contributed by atoms with Gasteiger partial charge in [0.05, 0.1) is 22.9 Å². The second-order valence-corrected chi connectivity index (χ2v) is 9.40. The molecule has 1 N–H and O–H groups in total. The number of nitrogens with one attached hydrogen (secondary N) is 1. The van der Waals surface area contributed by atoms with Crippen molar-refractivity contribution in [1.82, 2.24) is 9.78 Å². The van der Waals surface area contributed by atoms with Crippen LogP contribution in [0.5, 0.6) is 0 Å². The maximum Gasteiger partial charge on any atom is 0.256 e. The van der Waals surface area contributed by atoms with Crippen LogP contribution in [0.2, 0.25) is 5.02 Å². The maximum absolute atomic E-state index is 12.8. The predicted molar refractivity (Wildman–Crippen MR) is 109 cm³/mol. The van der Waals surface area contributed by atoms with E-state index in [-0.39, 0.29) is 17.4 Å². The molecule has 0 saturated carbocycles. The van der Waals surface area contributed by atoms with Gasteiger partial charge in [-0.1, -0.05) is 23.7 Å². The zero-order valence-electron chi connectivity index (χ0n) is 15.4.